The van der Waals surface area contributed by atoms with E-state index in [1.54, 1.807) is 10.9 Å². The molecule has 0 aliphatic carbocycles. The molecule has 0 atom stereocenters. The van der Waals surface area contributed by atoms with Crippen molar-refractivity contribution in [2.75, 3.05) is 0 Å². The van der Waals surface area contributed by atoms with Gasteiger partial charge >= 0.3 is 5.97 Å². The molecular weight excluding hydrogens is 376 g/mol. The van der Waals surface area contributed by atoms with Crippen LogP contribution in [0.2, 0.25) is 5.02 Å². The molecule has 6 nitrogen and oxygen atoms in total. The quantitative estimate of drug-likeness (QED) is 0.476. The van der Waals surface area contributed by atoms with Crippen molar-refractivity contribution in [3.8, 4) is 0 Å². The molecule has 0 bridgehead atoms. The zero-order valence-electron chi connectivity index (χ0n) is 15.2. The number of carbonyl (C=O) groups is 1. The highest BCUT2D eigenvalue weighted by Gasteiger charge is 2.16. The van der Waals surface area contributed by atoms with Gasteiger partial charge in [-0.3, -0.25) is 0 Å². The van der Waals surface area contributed by atoms with Crippen molar-refractivity contribution in [1.29, 1.82) is 0 Å². The van der Waals surface area contributed by atoms with E-state index in [0.29, 0.717) is 17.3 Å². The average Bonchev–Trinajstić information content (AvgIpc) is 3.19. The normalized spacial score (nSPS) is 10.9. The summed E-state index contributed by atoms with van der Waals surface area (Å²) in [7, 11) is 0. The number of ether oxygens (including phenoxy) is 1. The SMILES string of the molecule is Cc1c(Cl)c(COC(=O)c2cn(Cc3ccccc3)nn2)nc2ccccc12. The molecule has 0 saturated carbocycles. The van der Waals surface area contributed by atoms with Crippen LogP contribution in [0.3, 0.4) is 0 Å². The van der Waals surface area contributed by atoms with Gasteiger partial charge in [0.1, 0.15) is 6.61 Å². The Labute approximate surface area is 166 Å². The van der Waals surface area contributed by atoms with E-state index in [-0.39, 0.29) is 12.3 Å². The summed E-state index contributed by atoms with van der Waals surface area (Å²) in [6.45, 7) is 2.42. The third kappa shape index (κ3) is 3.73. The third-order valence-electron chi connectivity index (χ3n) is 4.42. The van der Waals surface area contributed by atoms with Crippen LogP contribution in [0.25, 0.3) is 10.9 Å². The minimum Gasteiger partial charge on any atom is -0.454 e. The Morgan fingerprint density at radius 1 is 1.11 bits per heavy atom. The average molecular weight is 393 g/mol. The van der Waals surface area contributed by atoms with Gasteiger partial charge in [-0.2, -0.15) is 0 Å². The molecule has 7 heteroatoms. The molecule has 0 amide bonds. The number of nitrogens with zero attached hydrogens (tertiary/aromatic N) is 4. The maximum absolute atomic E-state index is 12.3. The van der Waals surface area contributed by atoms with E-state index < -0.39 is 5.97 Å². The number of esters is 1. The number of pyridine rings is 1. The Balaban J connectivity index is 1.46. The summed E-state index contributed by atoms with van der Waals surface area (Å²) in [6, 6.07) is 17.5. The number of benzene rings is 2. The molecule has 4 aromatic rings. The number of aromatic nitrogens is 4. The zero-order chi connectivity index (χ0) is 19.5. The van der Waals surface area contributed by atoms with Crippen LogP contribution in [-0.2, 0) is 17.9 Å². The van der Waals surface area contributed by atoms with E-state index >= 15 is 0 Å². The van der Waals surface area contributed by atoms with Crippen LogP contribution >= 0.6 is 11.6 Å². The molecule has 0 aliphatic rings. The molecule has 28 heavy (non-hydrogen) atoms. The van der Waals surface area contributed by atoms with Gasteiger partial charge in [-0.1, -0.05) is 65.3 Å². The molecule has 0 aliphatic heterocycles. The highest BCUT2D eigenvalue weighted by atomic mass is 35.5. The molecule has 2 heterocycles. The lowest BCUT2D eigenvalue weighted by Gasteiger charge is -2.10. The third-order valence-corrected chi connectivity index (χ3v) is 4.92. The van der Waals surface area contributed by atoms with Gasteiger partial charge in [0.2, 0.25) is 0 Å². The summed E-state index contributed by atoms with van der Waals surface area (Å²) in [5.74, 6) is -0.567. The van der Waals surface area contributed by atoms with Crippen molar-refractivity contribution in [1.82, 2.24) is 20.0 Å². The first-order valence-corrected chi connectivity index (χ1v) is 9.14. The second kappa shape index (κ2) is 7.78. The zero-order valence-corrected chi connectivity index (χ0v) is 15.9. The fourth-order valence-electron chi connectivity index (χ4n) is 2.96. The van der Waals surface area contributed by atoms with Crippen LogP contribution in [0.4, 0.5) is 0 Å². The van der Waals surface area contributed by atoms with Crippen LogP contribution in [0.15, 0.2) is 60.8 Å². The maximum atomic E-state index is 12.3. The summed E-state index contributed by atoms with van der Waals surface area (Å²) in [6.07, 6.45) is 1.57. The van der Waals surface area contributed by atoms with E-state index in [0.717, 1.165) is 22.0 Å². The molecule has 2 aromatic carbocycles. The predicted octanol–water partition coefficient (Wildman–Crippen LogP) is 4.19. The largest absolute Gasteiger partial charge is 0.454 e. The van der Waals surface area contributed by atoms with Crippen molar-refractivity contribution < 1.29 is 9.53 Å². The van der Waals surface area contributed by atoms with Crippen LogP contribution < -0.4 is 0 Å². The fourth-order valence-corrected chi connectivity index (χ4v) is 3.16. The van der Waals surface area contributed by atoms with Crippen molar-refractivity contribution in [3.05, 3.63) is 88.3 Å². The first-order chi connectivity index (χ1) is 13.6. The summed E-state index contributed by atoms with van der Waals surface area (Å²) < 4.78 is 6.96. The standard InChI is InChI=1S/C21H17ClN4O2/c1-14-16-9-5-6-10-17(16)23-19(20(14)22)13-28-21(27)18-12-26(25-24-18)11-15-7-3-2-4-8-15/h2-10,12H,11,13H2,1H3. The predicted molar refractivity (Wildman–Crippen MR) is 106 cm³/mol. The molecule has 0 radical (unpaired) electrons. The lowest BCUT2D eigenvalue weighted by molar-refractivity contribution is 0.0461. The number of halogens is 1. The summed E-state index contributed by atoms with van der Waals surface area (Å²) in [4.78, 5) is 16.8. The number of fused-ring (bicyclic) bond motifs is 1. The number of aryl methyl sites for hydroxylation is 1. The van der Waals surface area contributed by atoms with Gasteiger partial charge in [0.15, 0.2) is 5.69 Å². The monoisotopic (exact) mass is 392 g/mol. The Morgan fingerprint density at radius 3 is 2.68 bits per heavy atom. The number of para-hydroxylation sites is 1. The second-order valence-electron chi connectivity index (χ2n) is 6.38. The Morgan fingerprint density at radius 2 is 1.86 bits per heavy atom. The lowest BCUT2D eigenvalue weighted by Crippen LogP contribution is -2.08. The summed E-state index contributed by atoms with van der Waals surface area (Å²) in [5, 5.41) is 9.36. The van der Waals surface area contributed by atoms with E-state index in [2.05, 4.69) is 15.3 Å². The first-order valence-electron chi connectivity index (χ1n) is 8.76. The number of carbonyl (C=O) groups excluding carboxylic acids is 1. The second-order valence-corrected chi connectivity index (χ2v) is 6.76. The molecule has 0 unspecified atom stereocenters. The van der Waals surface area contributed by atoms with E-state index in [1.807, 2.05) is 61.5 Å². The van der Waals surface area contributed by atoms with Crippen molar-refractivity contribution >= 4 is 28.5 Å². The molecular formula is C21H17ClN4O2. The van der Waals surface area contributed by atoms with Gasteiger partial charge in [0.25, 0.3) is 0 Å². The first kappa shape index (κ1) is 18.1. The lowest BCUT2D eigenvalue weighted by atomic mass is 10.1. The van der Waals surface area contributed by atoms with Crippen LogP contribution in [0, 0.1) is 6.92 Å². The Kier molecular flexibility index (Phi) is 5.04. The van der Waals surface area contributed by atoms with Crippen LogP contribution in [-0.4, -0.2) is 25.9 Å². The molecule has 0 fully saturated rings. The van der Waals surface area contributed by atoms with Gasteiger partial charge in [0, 0.05) is 5.39 Å². The van der Waals surface area contributed by atoms with Crippen molar-refractivity contribution in [2.24, 2.45) is 0 Å². The number of hydrogen-bond acceptors (Lipinski definition) is 5. The minimum atomic E-state index is -0.567. The topological polar surface area (TPSA) is 69.9 Å². The fraction of sp³-hybridized carbons (Fsp3) is 0.143. The van der Waals surface area contributed by atoms with Crippen molar-refractivity contribution in [3.63, 3.8) is 0 Å². The van der Waals surface area contributed by atoms with E-state index in [1.165, 1.54) is 0 Å². The van der Waals surface area contributed by atoms with Gasteiger partial charge in [-0.25, -0.2) is 14.5 Å². The highest BCUT2D eigenvalue weighted by molar-refractivity contribution is 6.32. The van der Waals surface area contributed by atoms with Crippen LogP contribution in [0.1, 0.15) is 27.3 Å². The van der Waals surface area contributed by atoms with E-state index in [9.17, 15) is 4.79 Å². The molecule has 0 spiro atoms. The summed E-state index contributed by atoms with van der Waals surface area (Å²) >= 11 is 6.41. The van der Waals surface area contributed by atoms with Crippen LogP contribution in [0.5, 0.6) is 0 Å². The number of hydrogen-bond donors (Lipinski definition) is 0. The Bertz CT molecular complexity index is 1140. The molecule has 140 valence electrons. The van der Waals surface area contributed by atoms with Gasteiger partial charge in [0.05, 0.1) is 29.0 Å². The maximum Gasteiger partial charge on any atom is 0.360 e. The van der Waals surface area contributed by atoms with Gasteiger partial charge in [-0.05, 0) is 24.1 Å². The molecule has 4 rings (SSSR count). The highest BCUT2D eigenvalue weighted by Crippen LogP contribution is 2.27. The Hall–Kier alpha value is -3.25. The molecule has 2 aromatic heterocycles. The molecule has 0 N–H and O–H groups in total. The number of rotatable bonds is 5. The van der Waals surface area contributed by atoms with Crippen molar-refractivity contribution in [2.45, 2.75) is 20.1 Å². The molecule has 0 saturated heterocycles. The van der Waals surface area contributed by atoms with E-state index in [4.69, 9.17) is 16.3 Å². The minimum absolute atomic E-state index is 0.0329. The summed E-state index contributed by atoms with van der Waals surface area (Å²) in [5.41, 5.74) is 3.44. The smallest absolute Gasteiger partial charge is 0.360 e. The van der Waals surface area contributed by atoms with Gasteiger partial charge < -0.3 is 4.74 Å². The van der Waals surface area contributed by atoms with Gasteiger partial charge in [-0.15, -0.1) is 5.10 Å².